The highest BCUT2D eigenvalue weighted by Crippen LogP contribution is 2.48. The first-order valence-corrected chi connectivity index (χ1v) is 10.7. The van der Waals surface area contributed by atoms with Crippen molar-refractivity contribution in [2.24, 2.45) is 0 Å². The third kappa shape index (κ3) is 3.29. The summed E-state index contributed by atoms with van der Waals surface area (Å²) in [5.41, 5.74) is 6.71. The van der Waals surface area contributed by atoms with Gasteiger partial charge in [0.05, 0.1) is 0 Å². The summed E-state index contributed by atoms with van der Waals surface area (Å²) in [6.07, 6.45) is 5.18. The van der Waals surface area contributed by atoms with Crippen molar-refractivity contribution < 1.29 is 0 Å². The molecule has 1 fully saturated rings. The first kappa shape index (κ1) is 18.0. The van der Waals surface area contributed by atoms with Gasteiger partial charge in [-0.1, -0.05) is 52.8 Å². The van der Waals surface area contributed by atoms with Gasteiger partial charge in [-0.2, -0.15) is 0 Å². The molecule has 2 aliphatic carbocycles. The molecule has 0 unspecified atom stereocenters. The van der Waals surface area contributed by atoms with Crippen LogP contribution in [-0.4, -0.2) is 0 Å². The van der Waals surface area contributed by atoms with E-state index in [0.717, 1.165) is 0 Å². The molecule has 2 aromatic rings. The van der Waals surface area contributed by atoms with Gasteiger partial charge in [-0.05, 0) is 94.8 Å². The molecule has 0 spiro atoms. The van der Waals surface area contributed by atoms with Gasteiger partial charge >= 0.3 is 0 Å². The number of rotatable bonds is 4. The van der Waals surface area contributed by atoms with Crippen LogP contribution >= 0.6 is 11.9 Å². The van der Waals surface area contributed by atoms with Crippen LogP contribution in [0.3, 0.4) is 0 Å². The van der Waals surface area contributed by atoms with Gasteiger partial charge in [0.2, 0.25) is 0 Å². The van der Waals surface area contributed by atoms with Crippen molar-refractivity contribution >= 4 is 17.6 Å². The lowest BCUT2D eigenvalue weighted by Crippen LogP contribution is -2.33. The van der Waals surface area contributed by atoms with Crippen LogP contribution in [0, 0.1) is 0 Å². The topological polar surface area (TPSA) is 12.0 Å². The van der Waals surface area contributed by atoms with Crippen LogP contribution in [0.15, 0.2) is 47.4 Å². The third-order valence-electron chi connectivity index (χ3n) is 6.69. The molecule has 1 nitrogen and oxygen atoms in total. The number of hydrogen-bond donors (Lipinski definition) is 1. The van der Waals surface area contributed by atoms with Crippen LogP contribution < -0.4 is 4.72 Å². The SMILES string of the molecule is CC1(C)CCC(C)(C)c2cc(SNc3ccc(C4(C)CC4)cc3)ccc21. The van der Waals surface area contributed by atoms with E-state index in [-0.39, 0.29) is 10.8 Å². The van der Waals surface area contributed by atoms with Gasteiger partial charge in [0, 0.05) is 10.6 Å². The maximum Gasteiger partial charge on any atom is 0.0443 e. The van der Waals surface area contributed by atoms with E-state index in [9.17, 15) is 0 Å². The molecule has 2 heteroatoms. The van der Waals surface area contributed by atoms with E-state index in [1.165, 1.54) is 53.0 Å². The molecule has 0 aromatic heterocycles. The van der Waals surface area contributed by atoms with Crippen LogP contribution in [0.1, 0.15) is 77.0 Å². The zero-order chi connectivity index (χ0) is 18.6. The lowest BCUT2D eigenvalue weighted by atomic mass is 9.63. The summed E-state index contributed by atoms with van der Waals surface area (Å²) >= 11 is 1.73. The standard InChI is InChI=1S/C24H31NS/c1-22(2)12-13-23(3,4)21-16-19(10-11-20(21)22)26-25-18-8-6-17(7-9-18)24(5)14-15-24/h6-11,16,25H,12-15H2,1-5H3. The maximum atomic E-state index is 3.53. The minimum absolute atomic E-state index is 0.267. The van der Waals surface area contributed by atoms with Crippen LogP contribution in [0.4, 0.5) is 5.69 Å². The van der Waals surface area contributed by atoms with Gasteiger partial charge in [-0.15, -0.1) is 0 Å². The molecule has 1 N–H and O–H groups in total. The first-order chi connectivity index (χ1) is 12.2. The summed E-state index contributed by atoms with van der Waals surface area (Å²) in [7, 11) is 0. The molecule has 4 rings (SSSR count). The Bertz CT molecular complexity index is 813. The van der Waals surface area contributed by atoms with Gasteiger partial charge in [0.25, 0.3) is 0 Å². The minimum atomic E-state index is 0.267. The normalized spacial score (nSPS) is 21.7. The molecule has 0 aliphatic heterocycles. The highest BCUT2D eigenvalue weighted by molar-refractivity contribution is 8.00. The Morgan fingerprint density at radius 1 is 0.731 bits per heavy atom. The van der Waals surface area contributed by atoms with Crippen LogP contribution in [0.2, 0.25) is 0 Å². The van der Waals surface area contributed by atoms with Gasteiger partial charge in [0.1, 0.15) is 0 Å². The highest BCUT2D eigenvalue weighted by atomic mass is 32.2. The molecular formula is C24H31NS. The average Bonchev–Trinajstić information content (AvgIpc) is 3.36. The molecule has 1 saturated carbocycles. The summed E-state index contributed by atoms with van der Waals surface area (Å²) in [5.74, 6) is 0. The summed E-state index contributed by atoms with van der Waals surface area (Å²) in [4.78, 5) is 1.30. The van der Waals surface area contributed by atoms with Crippen molar-refractivity contribution in [3.8, 4) is 0 Å². The predicted octanol–water partition coefficient (Wildman–Crippen LogP) is 7.21. The quantitative estimate of drug-likeness (QED) is 0.575. The van der Waals surface area contributed by atoms with Crippen LogP contribution in [-0.2, 0) is 16.2 Å². The molecule has 26 heavy (non-hydrogen) atoms. The summed E-state index contributed by atoms with van der Waals surface area (Å²) in [5, 5.41) is 0. The third-order valence-corrected chi connectivity index (χ3v) is 7.52. The van der Waals surface area contributed by atoms with E-state index < -0.39 is 0 Å². The van der Waals surface area contributed by atoms with E-state index in [0.29, 0.717) is 5.41 Å². The van der Waals surface area contributed by atoms with Crippen LogP contribution in [0.25, 0.3) is 0 Å². The molecule has 0 atom stereocenters. The Hall–Kier alpha value is -1.41. The molecule has 0 amide bonds. The molecule has 138 valence electrons. The van der Waals surface area contributed by atoms with Crippen molar-refractivity contribution in [1.82, 2.24) is 0 Å². The Kier molecular flexibility index (Phi) is 4.19. The van der Waals surface area contributed by atoms with Crippen molar-refractivity contribution in [3.63, 3.8) is 0 Å². The second-order valence-corrected chi connectivity index (χ2v) is 10.7. The molecule has 0 saturated heterocycles. The first-order valence-electron chi connectivity index (χ1n) is 9.88. The fourth-order valence-corrected chi connectivity index (χ4v) is 4.85. The Balaban J connectivity index is 1.51. The molecular weight excluding hydrogens is 334 g/mol. The van der Waals surface area contributed by atoms with E-state index in [1.54, 1.807) is 11.9 Å². The zero-order valence-electron chi connectivity index (χ0n) is 16.8. The van der Waals surface area contributed by atoms with Gasteiger partial charge in [0.15, 0.2) is 0 Å². The Morgan fingerprint density at radius 2 is 1.35 bits per heavy atom. The Labute approximate surface area is 163 Å². The van der Waals surface area contributed by atoms with E-state index >= 15 is 0 Å². The summed E-state index contributed by atoms with van der Waals surface area (Å²) in [6, 6.07) is 16.1. The minimum Gasteiger partial charge on any atom is -0.326 e. The average molecular weight is 366 g/mol. The Morgan fingerprint density at radius 3 is 1.96 bits per heavy atom. The highest BCUT2D eigenvalue weighted by Gasteiger charge is 2.39. The van der Waals surface area contributed by atoms with Crippen molar-refractivity contribution in [2.75, 3.05) is 4.72 Å². The van der Waals surface area contributed by atoms with Crippen LogP contribution in [0.5, 0.6) is 0 Å². The predicted molar refractivity (Wildman–Crippen MR) is 114 cm³/mol. The summed E-state index contributed by atoms with van der Waals surface area (Å²) < 4.78 is 3.53. The second-order valence-electron chi connectivity index (χ2n) is 9.82. The smallest absolute Gasteiger partial charge is 0.0443 e. The number of fused-ring (bicyclic) bond motifs is 1. The molecule has 2 aliphatic rings. The van der Waals surface area contributed by atoms with Crippen molar-refractivity contribution in [2.45, 2.75) is 81.4 Å². The van der Waals surface area contributed by atoms with Gasteiger partial charge in [-0.3, -0.25) is 0 Å². The second kappa shape index (κ2) is 6.05. The van der Waals surface area contributed by atoms with Gasteiger partial charge < -0.3 is 4.72 Å². The molecule has 2 aromatic carbocycles. The van der Waals surface area contributed by atoms with E-state index in [4.69, 9.17) is 0 Å². The number of hydrogen-bond acceptors (Lipinski definition) is 2. The number of nitrogens with one attached hydrogen (secondary N) is 1. The lowest BCUT2D eigenvalue weighted by molar-refractivity contribution is 0.331. The van der Waals surface area contributed by atoms with E-state index in [2.05, 4.69) is 81.8 Å². The molecule has 0 bridgehead atoms. The monoisotopic (exact) mass is 365 g/mol. The number of benzene rings is 2. The lowest BCUT2D eigenvalue weighted by Gasteiger charge is -2.42. The largest absolute Gasteiger partial charge is 0.326 e. The maximum absolute atomic E-state index is 3.53. The summed E-state index contributed by atoms with van der Waals surface area (Å²) in [6.45, 7) is 11.9. The molecule has 0 radical (unpaired) electrons. The number of anilines is 1. The van der Waals surface area contributed by atoms with Gasteiger partial charge in [-0.25, -0.2) is 0 Å². The van der Waals surface area contributed by atoms with E-state index in [1.807, 2.05) is 0 Å². The van der Waals surface area contributed by atoms with Crippen molar-refractivity contribution in [3.05, 3.63) is 59.2 Å². The fraction of sp³-hybridized carbons (Fsp3) is 0.500. The van der Waals surface area contributed by atoms with Crippen molar-refractivity contribution in [1.29, 1.82) is 0 Å². The zero-order valence-corrected chi connectivity index (χ0v) is 17.6. The molecule has 0 heterocycles. The fourth-order valence-electron chi connectivity index (χ4n) is 4.17.